The lowest BCUT2D eigenvalue weighted by atomic mass is 9.96. The molecule has 2 heteroatoms. The standard InChI is InChI=1S/C18H32O2/c1-16-13-11-9-7-5-3-4-6-8-10-12-14-18(15-16)20-17(2)19/h9,11,16,18H,3-8,10,12-15H2,1-2H3/b11-9-/t16-,18?/m1/s1. The first kappa shape index (κ1) is 17.3. The first-order valence-electron chi connectivity index (χ1n) is 8.50. The van der Waals surface area contributed by atoms with Gasteiger partial charge in [-0.25, -0.2) is 0 Å². The Balaban J connectivity index is 2.45. The maximum Gasteiger partial charge on any atom is 0.302 e. The maximum absolute atomic E-state index is 11.2. The molecule has 0 heterocycles. The molecule has 1 aliphatic rings. The van der Waals surface area contributed by atoms with E-state index in [1.165, 1.54) is 58.3 Å². The summed E-state index contributed by atoms with van der Waals surface area (Å²) in [5.41, 5.74) is 0. The molecule has 0 N–H and O–H groups in total. The highest BCUT2D eigenvalue weighted by Gasteiger charge is 2.15. The van der Waals surface area contributed by atoms with Crippen molar-refractivity contribution in [3.8, 4) is 0 Å². The van der Waals surface area contributed by atoms with E-state index in [0.29, 0.717) is 5.92 Å². The Kier molecular flexibility index (Phi) is 9.44. The molecule has 0 aliphatic heterocycles. The van der Waals surface area contributed by atoms with Crippen LogP contribution in [0.1, 0.15) is 84.5 Å². The van der Waals surface area contributed by atoms with Gasteiger partial charge in [0.05, 0.1) is 0 Å². The molecular formula is C18H32O2. The number of esters is 1. The van der Waals surface area contributed by atoms with Gasteiger partial charge in [0.15, 0.2) is 0 Å². The number of ether oxygens (including phenoxy) is 1. The highest BCUT2D eigenvalue weighted by molar-refractivity contribution is 5.66. The van der Waals surface area contributed by atoms with Crippen molar-refractivity contribution >= 4 is 5.97 Å². The van der Waals surface area contributed by atoms with Gasteiger partial charge in [-0.15, -0.1) is 0 Å². The Morgan fingerprint density at radius 2 is 1.65 bits per heavy atom. The third-order valence-electron chi connectivity index (χ3n) is 4.10. The number of carbonyl (C=O) groups is 1. The van der Waals surface area contributed by atoms with Crippen molar-refractivity contribution in [3.63, 3.8) is 0 Å². The number of allylic oxidation sites excluding steroid dienone is 2. The van der Waals surface area contributed by atoms with Crippen molar-refractivity contribution in [2.24, 2.45) is 5.92 Å². The molecule has 0 aromatic heterocycles. The highest BCUT2D eigenvalue weighted by atomic mass is 16.5. The first-order valence-corrected chi connectivity index (χ1v) is 8.50. The number of rotatable bonds is 1. The van der Waals surface area contributed by atoms with Crippen LogP contribution in [0.2, 0.25) is 0 Å². The fourth-order valence-corrected chi connectivity index (χ4v) is 2.97. The molecule has 0 saturated carbocycles. The van der Waals surface area contributed by atoms with E-state index in [1.54, 1.807) is 0 Å². The van der Waals surface area contributed by atoms with Crippen molar-refractivity contribution in [3.05, 3.63) is 12.2 Å². The zero-order valence-electron chi connectivity index (χ0n) is 13.4. The third-order valence-corrected chi connectivity index (χ3v) is 4.10. The molecule has 0 radical (unpaired) electrons. The molecule has 0 aromatic rings. The van der Waals surface area contributed by atoms with Crippen LogP contribution in [0.15, 0.2) is 12.2 Å². The summed E-state index contributed by atoms with van der Waals surface area (Å²) in [7, 11) is 0. The number of hydrogen-bond acceptors (Lipinski definition) is 2. The average molecular weight is 280 g/mol. The van der Waals surface area contributed by atoms with E-state index in [4.69, 9.17) is 4.74 Å². The van der Waals surface area contributed by atoms with Gasteiger partial charge in [-0.2, -0.15) is 0 Å². The van der Waals surface area contributed by atoms with Gasteiger partial charge in [-0.3, -0.25) is 4.79 Å². The van der Waals surface area contributed by atoms with E-state index in [0.717, 1.165) is 19.3 Å². The zero-order valence-corrected chi connectivity index (χ0v) is 13.4. The van der Waals surface area contributed by atoms with Crippen LogP contribution in [0.25, 0.3) is 0 Å². The normalized spacial score (nSPS) is 28.9. The Labute approximate surface area is 125 Å². The van der Waals surface area contributed by atoms with E-state index in [1.807, 2.05) is 0 Å². The summed E-state index contributed by atoms with van der Waals surface area (Å²) in [5.74, 6) is 0.469. The van der Waals surface area contributed by atoms with Gasteiger partial charge < -0.3 is 4.74 Å². The van der Waals surface area contributed by atoms with Crippen LogP contribution in [0, 0.1) is 5.92 Å². The van der Waals surface area contributed by atoms with Gasteiger partial charge in [-0.05, 0) is 44.4 Å². The topological polar surface area (TPSA) is 26.3 Å². The SMILES string of the molecule is CC(=O)OC1CCCCCCCCC/C=C\C[C@@H](C)C1. The highest BCUT2D eigenvalue weighted by Crippen LogP contribution is 2.20. The monoisotopic (exact) mass is 280 g/mol. The van der Waals surface area contributed by atoms with Crippen LogP contribution >= 0.6 is 0 Å². The van der Waals surface area contributed by atoms with E-state index >= 15 is 0 Å². The fraction of sp³-hybridized carbons (Fsp3) is 0.833. The lowest BCUT2D eigenvalue weighted by molar-refractivity contribution is -0.147. The summed E-state index contributed by atoms with van der Waals surface area (Å²) >= 11 is 0. The van der Waals surface area contributed by atoms with E-state index in [2.05, 4.69) is 19.1 Å². The van der Waals surface area contributed by atoms with Crippen molar-refractivity contribution in [2.75, 3.05) is 0 Å². The minimum Gasteiger partial charge on any atom is -0.463 e. The average Bonchev–Trinajstić information content (AvgIpc) is 2.39. The Morgan fingerprint density at radius 3 is 2.35 bits per heavy atom. The number of hydrogen-bond donors (Lipinski definition) is 0. The Bertz CT molecular complexity index is 283. The van der Waals surface area contributed by atoms with Crippen LogP contribution in [0.5, 0.6) is 0 Å². The van der Waals surface area contributed by atoms with Crippen molar-refractivity contribution in [2.45, 2.75) is 90.6 Å². The molecule has 20 heavy (non-hydrogen) atoms. The summed E-state index contributed by atoms with van der Waals surface area (Å²) in [6.07, 6.45) is 18.4. The summed E-state index contributed by atoms with van der Waals surface area (Å²) in [5, 5.41) is 0. The summed E-state index contributed by atoms with van der Waals surface area (Å²) < 4.78 is 5.48. The summed E-state index contributed by atoms with van der Waals surface area (Å²) in [4.78, 5) is 11.2. The molecule has 0 bridgehead atoms. The minimum atomic E-state index is -0.129. The second-order valence-electron chi connectivity index (χ2n) is 6.33. The van der Waals surface area contributed by atoms with E-state index < -0.39 is 0 Å². The second kappa shape index (κ2) is 10.9. The van der Waals surface area contributed by atoms with Gasteiger partial charge in [-0.1, -0.05) is 51.2 Å². The molecule has 2 nitrogen and oxygen atoms in total. The quantitative estimate of drug-likeness (QED) is 0.474. The Hall–Kier alpha value is -0.790. The van der Waals surface area contributed by atoms with Crippen molar-refractivity contribution in [1.82, 2.24) is 0 Å². The number of carbonyl (C=O) groups excluding carboxylic acids is 1. The maximum atomic E-state index is 11.2. The smallest absolute Gasteiger partial charge is 0.302 e. The molecule has 1 unspecified atom stereocenters. The van der Waals surface area contributed by atoms with Crippen LogP contribution in [-0.4, -0.2) is 12.1 Å². The lowest BCUT2D eigenvalue weighted by Gasteiger charge is -2.20. The molecule has 0 fully saturated rings. The van der Waals surface area contributed by atoms with Gasteiger partial charge in [0.1, 0.15) is 6.10 Å². The molecule has 0 saturated heterocycles. The summed E-state index contributed by atoms with van der Waals surface area (Å²) in [6.45, 7) is 3.79. The van der Waals surface area contributed by atoms with Gasteiger partial charge in [0.25, 0.3) is 0 Å². The van der Waals surface area contributed by atoms with Crippen LogP contribution in [0.4, 0.5) is 0 Å². The largest absolute Gasteiger partial charge is 0.463 e. The van der Waals surface area contributed by atoms with Crippen LogP contribution < -0.4 is 0 Å². The molecule has 1 aliphatic carbocycles. The predicted octanol–water partition coefficient (Wildman–Crippen LogP) is 5.42. The molecule has 0 spiro atoms. The van der Waals surface area contributed by atoms with Gasteiger partial charge >= 0.3 is 5.97 Å². The van der Waals surface area contributed by atoms with Crippen LogP contribution in [0.3, 0.4) is 0 Å². The van der Waals surface area contributed by atoms with E-state index in [9.17, 15) is 4.79 Å². The molecule has 0 aromatic carbocycles. The van der Waals surface area contributed by atoms with Crippen LogP contribution in [-0.2, 0) is 9.53 Å². The van der Waals surface area contributed by atoms with Crippen molar-refractivity contribution < 1.29 is 9.53 Å². The lowest BCUT2D eigenvalue weighted by Crippen LogP contribution is -2.19. The summed E-state index contributed by atoms with van der Waals surface area (Å²) in [6, 6.07) is 0. The molecule has 0 amide bonds. The van der Waals surface area contributed by atoms with Gasteiger partial charge in [0.2, 0.25) is 0 Å². The predicted molar refractivity (Wildman–Crippen MR) is 84.6 cm³/mol. The second-order valence-corrected chi connectivity index (χ2v) is 6.33. The molecule has 1 rings (SSSR count). The molecule has 2 atom stereocenters. The van der Waals surface area contributed by atoms with Gasteiger partial charge in [0, 0.05) is 6.92 Å². The zero-order chi connectivity index (χ0) is 14.6. The molecule has 116 valence electrons. The molecular weight excluding hydrogens is 248 g/mol. The first-order chi connectivity index (χ1) is 9.68. The minimum absolute atomic E-state index is 0.126. The van der Waals surface area contributed by atoms with Crippen molar-refractivity contribution in [1.29, 1.82) is 0 Å². The van der Waals surface area contributed by atoms with E-state index in [-0.39, 0.29) is 12.1 Å². The fourth-order valence-electron chi connectivity index (χ4n) is 2.97. The third kappa shape index (κ3) is 9.17. The Morgan fingerprint density at radius 1 is 1.00 bits per heavy atom.